The predicted molar refractivity (Wildman–Crippen MR) is 83.7 cm³/mol. The van der Waals surface area contributed by atoms with Crippen LogP contribution in [0.5, 0.6) is 0 Å². The summed E-state index contributed by atoms with van der Waals surface area (Å²) in [6, 6.07) is 0. The average molecular weight is 392 g/mol. The van der Waals surface area contributed by atoms with E-state index >= 15 is 0 Å². The Bertz CT molecular complexity index is 603. The molecule has 11 nitrogen and oxygen atoms in total. The minimum atomic E-state index is -1.69. The summed E-state index contributed by atoms with van der Waals surface area (Å²) in [5, 5.41) is 69.2. The van der Waals surface area contributed by atoms with Crippen LogP contribution in [0.15, 0.2) is 11.8 Å². The highest BCUT2D eigenvalue weighted by Crippen LogP contribution is 2.49. The van der Waals surface area contributed by atoms with Crippen LogP contribution in [-0.2, 0) is 19.0 Å². The second kappa shape index (κ2) is 7.26. The van der Waals surface area contributed by atoms with E-state index in [-0.39, 0.29) is 12.0 Å². The lowest BCUT2D eigenvalue weighted by Gasteiger charge is -2.44. The van der Waals surface area contributed by atoms with E-state index in [1.165, 1.54) is 6.92 Å². The zero-order valence-corrected chi connectivity index (χ0v) is 14.5. The van der Waals surface area contributed by atoms with Crippen LogP contribution in [0, 0.1) is 11.8 Å². The van der Waals surface area contributed by atoms with Gasteiger partial charge in [-0.15, -0.1) is 0 Å². The first-order valence-corrected chi connectivity index (χ1v) is 8.53. The number of hydrogen-bond acceptors (Lipinski definition) is 10. The molecule has 7 N–H and O–H groups in total. The van der Waals surface area contributed by atoms with Crippen molar-refractivity contribution in [3.05, 3.63) is 11.8 Å². The van der Waals surface area contributed by atoms with E-state index in [0.29, 0.717) is 0 Å². The number of carboxylic acids is 1. The fraction of sp³-hybridized carbons (Fsp3) is 0.812. The van der Waals surface area contributed by atoms with Gasteiger partial charge in [-0.1, -0.05) is 0 Å². The highest BCUT2D eigenvalue weighted by molar-refractivity contribution is 5.87. The van der Waals surface area contributed by atoms with Gasteiger partial charge < -0.3 is 50.0 Å². The van der Waals surface area contributed by atoms with Crippen molar-refractivity contribution in [3.8, 4) is 0 Å². The van der Waals surface area contributed by atoms with Crippen molar-refractivity contribution >= 4 is 5.97 Å². The normalized spacial score (nSPS) is 49.9. The maximum Gasteiger partial charge on any atom is 0.335 e. The Labute approximate surface area is 154 Å². The molecule has 2 heterocycles. The fourth-order valence-corrected chi connectivity index (χ4v) is 4.10. The van der Waals surface area contributed by atoms with Crippen molar-refractivity contribution in [2.75, 3.05) is 6.61 Å². The van der Waals surface area contributed by atoms with Crippen LogP contribution in [0.1, 0.15) is 13.3 Å². The molecule has 1 aliphatic carbocycles. The molecule has 27 heavy (non-hydrogen) atoms. The van der Waals surface area contributed by atoms with Crippen LogP contribution in [0.2, 0.25) is 0 Å². The molecular weight excluding hydrogens is 368 g/mol. The fourth-order valence-electron chi connectivity index (χ4n) is 4.10. The number of rotatable bonds is 4. The van der Waals surface area contributed by atoms with Crippen LogP contribution < -0.4 is 0 Å². The molecule has 3 aliphatic rings. The summed E-state index contributed by atoms with van der Waals surface area (Å²) in [4.78, 5) is 11.4. The molecule has 1 saturated carbocycles. The number of aliphatic hydroxyl groups is 6. The van der Waals surface area contributed by atoms with Crippen molar-refractivity contribution in [2.45, 2.75) is 62.0 Å². The maximum absolute atomic E-state index is 11.4. The van der Waals surface area contributed by atoms with Crippen molar-refractivity contribution < 1.29 is 54.8 Å². The molecule has 0 aromatic carbocycles. The number of fused-ring (bicyclic) bond motifs is 1. The molecule has 154 valence electrons. The predicted octanol–water partition coefficient (Wildman–Crippen LogP) is -3.12. The molecule has 0 radical (unpaired) electrons. The SMILES string of the molecule is C[C@@]1(O)C[C@H](O)[C@H]2C(C(=O)O)=CO[C@@H](O[C@@H]3O[C@H](CO)[C@@H](O)[C@H](O)[C@H]3O)[C@H]21. The van der Waals surface area contributed by atoms with Crippen molar-refractivity contribution in [2.24, 2.45) is 11.8 Å². The number of ether oxygens (including phenoxy) is 3. The second-order valence-electron chi connectivity index (χ2n) is 7.40. The minimum absolute atomic E-state index is 0.120. The van der Waals surface area contributed by atoms with Crippen molar-refractivity contribution in [3.63, 3.8) is 0 Å². The number of aliphatic hydroxyl groups excluding tert-OH is 5. The molecule has 10 atom stereocenters. The first kappa shape index (κ1) is 20.4. The average Bonchev–Trinajstić information content (AvgIpc) is 2.85. The summed E-state index contributed by atoms with van der Waals surface area (Å²) in [6.45, 7) is 0.751. The first-order valence-electron chi connectivity index (χ1n) is 8.53. The lowest BCUT2D eigenvalue weighted by molar-refractivity contribution is -0.346. The quantitative estimate of drug-likeness (QED) is 0.256. The highest BCUT2D eigenvalue weighted by Gasteiger charge is 2.59. The monoisotopic (exact) mass is 392 g/mol. The minimum Gasteiger partial charge on any atom is -0.478 e. The van der Waals surface area contributed by atoms with Crippen LogP contribution in [0.25, 0.3) is 0 Å². The summed E-state index contributed by atoms with van der Waals surface area (Å²) < 4.78 is 16.1. The molecule has 0 aromatic rings. The van der Waals surface area contributed by atoms with E-state index in [0.717, 1.165) is 6.26 Å². The maximum atomic E-state index is 11.4. The highest BCUT2D eigenvalue weighted by atomic mass is 16.8. The molecule has 1 saturated heterocycles. The smallest absolute Gasteiger partial charge is 0.335 e. The van der Waals surface area contributed by atoms with Gasteiger partial charge in [-0.05, 0) is 6.92 Å². The molecule has 2 fully saturated rings. The standard InChI is InChI=1S/C16H24O11/c1-16(24)2-6(18)8-5(13(22)23)4-25-14(9(8)16)27-15-12(21)11(20)10(19)7(3-17)26-15/h4,6-12,14-15,17-21,24H,2-3H2,1H3,(H,22,23)/t6-,7+,8+,9-,10+,11-,12+,14-,15-,16+/m0/s1. The largest absolute Gasteiger partial charge is 0.478 e. The molecule has 0 bridgehead atoms. The van der Waals surface area contributed by atoms with E-state index in [9.17, 15) is 40.5 Å². The van der Waals surface area contributed by atoms with Gasteiger partial charge in [-0.2, -0.15) is 0 Å². The van der Waals surface area contributed by atoms with Gasteiger partial charge in [-0.3, -0.25) is 0 Å². The Morgan fingerprint density at radius 1 is 1.22 bits per heavy atom. The summed E-state index contributed by atoms with van der Waals surface area (Å²) in [5.41, 5.74) is -1.77. The van der Waals surface area contributed by atoms with Crippen molar-refractivity contribution in [1.29, 1.82) is 0 Å². The number of aliphatic carboxylic acids is 1. The van der Waals surface area contributed by atoms with E-state index < -0.39 is 73.1 Å². The zero-order valence-electron chi connectivity index (χ0n) is 14.5. The van der Waals surface area contributed by atoms with Crippen molar-refractivity contribution in [1.82, 2.24) is 0 Å². The van der Waals surface area contributed by atoms with Gasteiger partial charge in [-0.25, -0.2) is 4.79 Å². The Balaban J connectivity index is 1.85. The molecule has 0 aromatic heterocycles. The van der Waals surface area contributed by atoms with Gasteiger partial charge in [0.05, 0.1) is 36.1 Å². The molecule has 0 amide bonds. The van der Waals surface area contributed by atoms with Crippen LogP contribution in [0.3, 0.4) is 0 Å². The first-order chi connectivity index (χ1) is 12.6. The van der Waals surface area contributed by atoms with Gasteiger partial charge in [0, 0.05) is 12.3 Å². The Kier molecular flexibility index (Phi) is 5.49. The third-order valence-corrected chi connectivity index (χ3v) is 5.49. The van der Waals surface area contributed by atoms with Gasteiger partial charge in [0.15, 0.2) is 6.29 Å². The summed E-state index contributed by atoms with van der Waals surface area (Å²) in [7, 11) is 0. The summed E-state index contributed by atoms with van der Waals surface area (Å²) >= 11 is 0. The van der Waals surface area contributed by atoms with Crippen LogP contribution in [0.4, 0.5) is 0 Å². The van der Waals surface area contributed by atoms with E-state index in [1.807, 2.05) is 0 Å². The lowest BCUT2D eigenvalue weighted by Crippen LogP contribution is -2.60. The van der Waals surface area contributed by atoms with Gasteiger partial charge in [0.2, 0.25) is 6.29 Å². The molecule has 3 rings (SSSR count). The Morgan fingerprint density at radius 2 is 1.89 bits per heavy atom. The lowest BCUT2D eigenvalue weighted by atomic mass is 9.81. The molecule has 0 unspecified atom stereocenters. The van der Waals surface area contributed by atoms with Gasteiger partial charge >= 0.3 is 5.97 Å². The Morgan fingerprint density at radius 3 is 2.48 bits per heavy atom. The van der Waals surface area contributed by atoms with Crippen LogP contribution in [-0.4, -0.2) is 97.0 Å². The van der Waals surface area contributed by atoms with E-state index in [4.69, 9.17) is 14.2 Å². The van der Waals surface area contributed by atoms with E-state index in [1.54, 1.807) is 0 Å². The molecule has 0 spiro atoms. The van der Waals surface area contributed by atoms with Gasteiger partial charge in [0.25, 0.3) is 0 Å². The number of hydrogen-bond donors (Lipinski definition) is 7. The summed E-state index contributed by atoms with van der Waals surface area (Å²) in [6.07, 6.45) is -9.34. The topological polar surface area (TPSA) is 186 Å². The Hall–Kier alpha value is -1.31. The van der Waals surface area contributed by atoms with E-state index in [2.05, 4.69) is 0 Å². The number of carbonyl (C=O) groups is 1. The summed E-state index contributed by atoms with van der Waals surface area (Å²) in [5.74, 6) is -3.30. The molecule has 11 heteroatoms. The van der Waals surface area contributed by atoms with Crippen LogP contribution >= 0.6 is 0 Å². The molecule has 2 aliphatic heterocycles. The number of carboxylic acid groups (broad SMARTS) is 1. The molecular formula is C16H24O11. The third-order valence-electron chi connectivity index (χ3n) is 5.49. The second-order valence-corrected chi connectivity index (χ2v) is 7.40. The zero-order chi connectivity index (χ0) is 20.1. The van der Waals surface area contributed by atoms with Gasteiger partial charge in [0.1, 0.15) is 24.4 Å². The third kappa shape index (κ3) is 3.45.